The number of hydrogen-bond donors (Lipinski definition) is 1. The molecule has 1 aromatic carbocycles. The van der Waals surface area contributed by atoms with Gasteiger partial charge in [-0.2, -0.15) is 0 Å². The minimum Gasteiger partial charge on any atom is -0.379 e. The number of benzene rings is 1. The van der Waals surface area contributed by atoms with Crippen molar-refractivity contribution in [2.45, 2.75) is 32.9 Å². The van der Waals surface area contributed by atoms with E-state index in [0.29, 0.717) is 18.8 Å². The zero-order valence-corrected chi connectivity index (χ0v) is 16.2. The highest BCUT2D eigenvalue weighted by Crippen LogP contribution is 2.24. The quantitative estimate of drug-likeness (QED) is 0.896. The molecule has 27 heavy (non-hydrogen) atoms. The molecule has 0 spiro atoms. The average Bonchev–Trinajstić information content (AvgIpc) is 3.13. The van der Waals surface area contributed by atoms with E-state index >= 15 is 0 Å². The summed E-state index contributed by atoms with van der Waals surface area (Å²) in [5.74, 6) is -0.0532. The molecule has 2 saturated heterocycles. The van der Waals surface area contributed by atoms with Crippen LogP contribution in [0.15, 0.2) is 18.2 Å². The van der Waals surface area contributed by atoms with Gasteiger partial charge in [0.25, 0.3) is 5.91 Å². The molecule has 4 rings (SSSR count). The average molecular weight is 369 g/mol. The Labute approximate surface area is 159 Å². The number of amides is 1. The van der Waals surface area contributed by atoms with Gasteiger partial charge in [-0.3, -0.25) is 14.7 Å². The van der Waals surface area contributed by atoms with E-state index < -0.39 is 0 Å². The van der Waals surface area contributed by atoms with Crippen LogP contribution in [0.4, 0.5) is 0 Å². The van der Waals surface area contributed by atoms with E-state index in [0.717, 1.165) is 48.5 Å². The first-order chi connectivity index (χ1) is 13.0. The molecule has 3 heterocycles. The summed E-state index contributed by atoms with van der Waals surface area (Å²) < 4.78 is 11.1. The first kappa shape index (κ1) is 18.3. The van der Waals surface area contributed by atoms with Crippen molar-refractivity contribution in [2.24, 2.45) is 0 Å². The molecule has 2 atom stereocenters. The topological polar surface area (TPSA) is 63.7 Å². The third-order valence-electron chi connectivity index (χ3n) is 5.76. The Bertz CT molecular complexity index is 861. The van der Waals surface area contributed by atoms with Crippen molar-refractivity contribution in [3.63, 3.8) is 0 Å². The number of aryl methyl sites for hydroxylation is 3. The predicted octanol–water partition coefficient (Wildman–Crippen LogP) is 1.99. The molecule has 0 aliphatic carbocycles. The number of fused-ring (bicyclic) bond motifs is 1. The number of nitrogens with one attached hydrogen (secondary N) is 1. The molecule has 0 saturated carbocycles. The van der Waals surface area contributed by atoms with Gasteiger partial charge in [0, 0.05) is 24.2 Å². The van der Waals surface area contributed by atoms with Gasteiger partial charge in [-0.05, 0) is 38.0 Å². The fourth-order valence-electron chi connectivity index (χ4n) is 4.04. The zero-order valence-electron chi connectivity index (χ0n) is 16.2. The Morgan fingerprint density at radius 2 is 1.93 bits per heavy atom. The van der Waals surface area contributed by atoms with E-state index in [-0.39, 0.29) is 18.0 Å². The van der Waals surface area contributed by atoms with E-state index in [1.807, 2.05) is 19.1 Å². The van der Waals surface area contributed by atoms with Gasteiger partial charge in [-0.15, -0.1) is 0 Å². The molecule has 2 aliphatic rings. The van der Waals surface area contributed by atoms with Crippen LogP contribution in [0.2, 0.25) is 0 Å². The van der Waals surface area contributed by atoms with E-state index in [1.165, 1.54) is 5.56 Å². The van der Waals surface area contributed by atoms with Crippen molar-refractivity contribution in [3.05, 3.63) is 40.6 Å². The van der Waals surface area contributed by atoms with E-state index in [4.69, 9.17) is 9.47 Å². The smallest absolute Gasteiger partial charge is 0.252 e. The van der Waals surface area contributed by atoms with Gasteiger partial charge in [0.15, 0.2) is 0 Å². The van der Waals surface area contributed by atoms with Gasteiger partial charge in [0.2, 0.25) is 0 Å². The highest BCUT2D eigenvalue weighted by Gasteiger charge is 2.35. The third kappa shape index (κ3) is 3.57. The summed E-state index contributed by atoms with van der Waals surface area (Å²) in [7, 11) is 0. The molecule has 2 aliphatic heterocycles. The Morgan fingerprint density at radius 1 is 1.15 bits per heavy atom. The van der Waals surface area contributed by atoms with Crippen LogP contribution < -0.4 is 5.32 Å². The second kappa shape index (κ2) is 7.54. The van der Waals surface area contributed by atoms with Crippen molar-refractivity contribution in [2.75, 3.05) is 39.5 Å². The monoisotopic (exact) mass is 369 g/mol. The minimum absolute atomic E-state index is 0.00864. The lowest BCUT2D eigenvalue weighted by atomic mass is 10.00. The molecular weight excluding hydrogens is 342 g/mol. The highest BCUT2D eigenvalue weighted by atomic mass is 16.5. The first-order valence-corrected chi connectivity index (χ1v) is 9.62. The summed E-state index contributed by atoms with van der Waals surface area (Å²) in [6.45, 7) is 10.5. The van der Waals surface area contributed by atoms with E-state index in [1.54, 1.807) is 0 Å². The van der Waals surface area contributed by atoms with E-state index in [9.17, 15) is 4.79 Å². The summed E-state index contributed by atoms with van der Waals surface area (Å²) in [6, 6.07) is 6.14. The molecule has 2 fully saturated rings. The molecule has 0 radical (unpaired) electrons. The van der Waals surface area contributed by atoms with Crippen molar-refractivity contribution in [1.29, 1.82) is 0 Å². The SMILES string of the molecule is Cc1cc(C(=O)N[C@H]2COC[C@@H]2N2CCOCC2)c2ccc(C)c(C)c2n1. The molecule has 0 unspecified atom stereocenters. The van der Waals surface area contributed by atoms with Crippen LogP contribution in [-0.4, -0.2) is 67.4 Å². The molecule has 2 aromatic rings. The van der Waals surface area contributed by atoms with Gasteiger partial charge in [0.1, 0.15) is 0 Å². The fourth-order valence-corrected chi connectivity index (χ4v) is 4.04. The maximum absolute atomic E-state index is 13.2. The van der Waals surface area contributed by atoms with Crippen molar-refractivity contribution in [1.82, 2.24) is 15.2 Å². The van der Waals surface area contributed by atoms with Gasteiger partial charge in [-0.1, -0.05) is 12.1 Å². The zero-order chi connectivity index (χ0) is 19.0. The fraction of sp³-hybridized carbons (Fsp3) is 0.524. The van der Waals surface area contributed by atoms with Crippen LogP contribution in [-0.2, 0) is 9.47 Å². The summed E-state index contributed by atoms with van der Waals surface area (Å²) in [4.78, 5) is 20.2. The van der Waals surface area contributed by atoms with Gasteiger partial charge in [-0.25, -0.2) is 0 Å². The lowest BCUT2D eigenvalue weighted by molar-refractivity contribution is 0.0108. The summed E-state index contributed by atoms with van der Waals surface area (Å²) in [5.41, 5.74) is 4.76. The Balaban J connectivity index is 1.60. The number of hydrogen-bond acceptors (Lipinski definition) is 5. The number of nitrogens with zero attached hydrogens (tertiary/aromatic N) is 2. The molecule has 1 amide bonds. The van der Waals surface area contributed by atoms with Crippen LogP contribution >= 0.6 is 0 Å². The lowest BCUT2D eigenvalue weighted by Crippen LogP contribution is -2.54. The number of aromatic nitrogens is 1. The Morgan fingerprint density at radius 3 is 2.70 bits per heavy atom. The maximum atomic E-state index is 13.2. The largest absolute Gasteiger partial charge is 0.379 e. The predicted molar refractivity (Wildman–Crippen MR) is 104 cm³/mol. The van der Waals surface area contributed by atoms with Crippen LogP contribution in [0.25, 0.3) is 10.9 Å². The van der Waals surface area contributed by atoms with Gasteiger partial charge in [0.05, 0.1) is 49.6 Å². The molecule has 0 bridgehead atoms. The molecule has 1 aromatic heterocycles. The number of carbonyl (C=O) groups is 1. The normalized spacial score (nSPS) is 23.7. The van der Waals surface area contributed by atoms with Crippen molar-refractivity contribution < 1.29 is 14.3 Å². The van der Waals surface area contributed by atoms with Crippen molar-refractivity contribution in [3.8, 4) is 0 Å². The van der Waals surface area contributed by atoms with Crippen LogP contribution in [0.5, 0.6) is 0 Å². The van der Waals surface area contributed by atoms with Gasteiger partial charge < -0.3 is 14.8 Å². The third-order valence-corrected chi connectivity index (χ3v) is 5.76. The van der Waals surface area contributed by atoms with Crippen LogP contribution in [0.3, 0.4) is 0 Å². The lowest BCUT2D eigenvalue weighted by Gasteiger charge is -2.34. The maximum Gasteiger partial charge on any atom is 0.252 e. The van der Waals surface area contributed by atoms with Crippen molar-refractivity contribution >= 4 is 16.8 Å². The first-order valence-electron chi connectivity index (χ1n) is 9.62. The second-order valence-corrected chi connectivity index (χ2v) is 7.55. The van der Waals surface area contributed by atoms with E-state index in [2.05, 4.69) is 35.1 Å². The number of morpholine rings is 1. The minimum atomic E-state index is -0.0532. The number of ether oxygens (including phenoxy) is 2. The van der Waals surface area contributed by atoms with Crippen LogP contribution in [0.1, 0.15) is 27.2 Å². The molecule has 6 nitrogen and oxygen atoms in total. The molecule has 6 heteroatoms. The molecule has 1 N–H and O–H groups in total. The number of rotatable bonds is 3. The second-order valence-electron chi connectivity index (χ2n) is 7.55. The Hall–Kier alpha value is -2.02. The molecular formula is C21H27N3O3. The Kier molecular flexibility index (Phi) is 5.12. The standard InChI is InChI=1S/C21H27N3O3/c1-13-4-5-16-17(10-14(2)22-20(16)15(13)3)21(25)23-18-11-27-12-19(18)24-6-8-26-9-7-24/h4-5,10,18-19H,6-9,11-12H2,1-3H3,(H,23,25)/t18-,19-/m0/s1. The molecule has 144 valence electrons. The highest BCUT2D eigenvalue weighted by molar-refractivity contribution is 6.07. The summed E-state index contributed by atoms with van der Waals surface area (Å²) in [6.07, 6.45) is 0. The number of pyridine rings is 1. The number of carbonyl (C=O) groups excluding carboxylic acids is 1. The van der Waals surface area contributed by atoms with Gasteiger partial charge >= 0.3 is 0 Å². The summed E-state index contributed by atoms with van der Waals surface area (Å²) >= 11 is 0. The summed E-state index contributed by atoms with van der Waals surface area (Å²) in [5, 5.41) is 4.13. The van der Waals surface area contributed by atoms with Crippen LogP contribution in [0, 0.1) is 20.8 Å².